The smallest absolute Gasteiger partial charge is 0.259 e. The van der Waals surface area contributed by atoms with E-state index in [2.05, 4.69) is 26.6 Å². The monoisotopic (exact) mass is 414 g/mol. The molecular weight excluding hydrogens is 400 g/mol. The third-order valence-electron chi connectivity index (χ3n) is 4.07. The average Bonchev–Trinajstić information content (AvgIpc) is 2.52. The fourth-order valence-electron chi connectivity index (χ4n) is 3.00. The number of carbonyl (C=O) groups excluding carboxylic acids is 4. The first-order valence-corrected chi connectivity index (χ1v) is 8.64. The van der Waals surface area contributed by atoms with Gasteiger partial charge in [-0.2, -0.15) is 0 Å². The molecule has 1 aromatic rings. The van der Waals surface area contributed by atoms with E-state index in [-0.39, 0.29) is 11.1 Å². The number of ketones is 2. The molecule has 1 unspecified atom stereocenters. The lowest BCUT2D eigenvalue weighted by molar-refractivity contribution is -0.129. The van der Waals surface area contributed by atoms with Crippen LogP contribution in [0.3, 0.4) is 0 Å². The van der Waals surface area contributed by atoms with Crippen LogP contribution in [0.15, 0.2) is 57.9 Å². The quantitative estimate of drug-likeness (QED) is 0.439. The molecule has 1 aromatic carbocycles. The highest BCUT2D eigenvalue weighted by atomic mass is 79.9. The maximum atomic E-state index is 12.6. The maximum absolute atomic E-state index is 12.6. The largest absolute Gasteiger partial charge is 0.329 e. The fraction of sp³-hybridized carbons (Fsp3) is 0.158. The maximum Gasteiger partial charge on any atom is 0.259 e. The Morgan fingerprint density at radius 3 is 2.12 bits per heavy atom. The van der Waals surface area contributed by atoms with Crippen molar-refractivity contribution in [1.29, 1.82) is 0 Å². The number of carbonyl (C=O) groups is 4. The van der Waals surface area contributed by atoms with Gasteiger partial charge in [0.25, 0.3) is 5.91 Å². The summed E-state index contributed by atoms with van der Waals surface area (Å²) < 4.78 is 0.788. The molecule has 1 atom stereocenters. The summed E-state index contributed by atoms with van der Waals surface area (Å²) in [5.74, 6) is -3.46. The Morgan fingerprint density at radius 1 is 0.923 bits per heavy atom. The van der Waals surface area contributed by atoms with Gasteiger partial charge in [0.2, 0.25) is 5.91 Å². The summed E-state index contributed by atoms with van der Waals surface area (Å²) in [5, 5.41) is 5.17. The number of halogens is 1. The lowest BCUT2D eigenvalue weighted by Gasteiger charge is -2.25. The van der Waals surface area contributed by atoms with Gasteiger partial charge < -0.3 is 10.6 Å². The van der Waals surface area contributed by atoms with Gasteiger partial charge in [-0.15, -0.1) is 0 Å². The number of benzene rings is 1. The van der Waals surface area contributed by atoms with E-state index in [0.717, 1.165) is 4.47 Å². The van der Waals surface area contributed by atoms with Crippen LogP contribution in [0, 0.1) is 5.92 Å². The van der Waals surface area contributed by atoms with Crippen LogP contribution in [0.2, 0.25) is 0 Å². The Bertz CT molecular complexity index is 939. The molecule has 6 nitrogen and oxygen atoms in total. The fourth-order valence-corrected chi connectivity index (χ4v) is 3.26. The Morgan fingerprint density at radius 2 is 1.54 bits per heavy atom. The molecule has 0 bridgehead atoms. The highest BCUT2D eigenvalue weighted by molar-refractivity contribution is 9.10. The predicted molar refractivity (Wildman–Crippen MR) is 98.4 cm³/mol. The van der Waals surface area contributed by atoms with Gasteiger partial charge in [-0.3, -0.25) is 19.2 Å². The molecule has 2 heterocycles. The lowest BCUT2D eigenvalue weighted by Crippen LogP contribution is -2.41. The SMILES string of the molecule is CC1=CC(=O)/C(=C(/c2ccc(Br)cc2)C2C(=O)C=C(C)NC2=O)C(=O)N1. The highest BCUT2D eigenvalue weighted by Gasteiger charge is 2.38. The first kappa shape index (κ1) is 18.0. The number of allylic oxidation sites excluding steroid dienone is 4. The molecule has 0 saturated heterocycles. The average molecular weight is 415 g/mol. The van der Waals surface area contributed by atoms with E-state index in [9.17, 15) is 19.2 Å². The third kappa shape index (κ3) is 3.30. The Hall–Kier alpha value is -2.80. The van der Waals surface area contributed by atoms with Gasteiger partial charge in [0.05, 0.1) is 5.57 Å². The molecule has 2 amide bonds. The molecule has 0 fully saturated rings. The summed E-state index contributed by atoms with van der Waals surface area (Å²) in [7, 11) is 0. The van der Waals surface area contributed by atoms with Gasteiger partial charge in [-0.1, -0.05) is 28.1 Å². The van der Waals surface area contributed by atoms with E-state index in [1.165, 1.54) is 12.2 Å². The number of amides is 2. The Kier molecular flexibility index (Phi) is 4.73. The third-order valence-corrected chi connectivity index (χ3v) is 4.60. The van der Waals surface area contributed by atoms with Crippen molar-refractivity contribution >= 4 is 44.9 Å². The first-order valence-electron chi connectivity index (χ1n) is 7.85. The van der Waals surface area contributed by atoms with Gasteiger partial charge in [-0.05, 0) is 37.1 Å². The Balaban J connectivity index is 2.28. The van der Waals surface area contributed by atoms with Gasteiger partial charge >= 0.3 is 0 Å². The number of hydrogen-bond acceptors (Lipinski definition) is 4. The second-order valence-electron chi connectivity index (χ2n) is 6.09. The number of nitrogens with one attached hydrogen (secondary N) is 2. The number of hydrogen-bond donors (Lipinski definition) is 2. The zero-order valence-electron chi connectivity index (χ0n) is 14.1. The molecule has 26 heavy (non-hydrogen) atoms. The summed E-state index contributed by atoms with van der Waals surface area (Å²) in [5.41, 5.74) is 1.20. The minimum atomic E-state index is -1.27. The van der Waals surface area contributed by atoms with E-state index in [1.54, 1.807) is 38.1 Å². The van der Waals surface area contributed by atoms with Crippen molar-refractivity contribution in [1.82, 2.24) is 10.6 Å². The van der Waals surface area contributed by atoms with Gasteiger partial charge in [-0.25, -0.2) is 0 Å². The summed E-state index contributed by atoms with van der Waals surface area (Å²) in [4.78, 5) is 50.2. The first-order chi connectivity index (χ1) is 12.3. The molecule has 0 aromatic heterocycles. The van der Waals surface area contributed by atoms with Crippen molar-refractivity contribution in [3.05, 3.63) is 63.4 Å². The summed E-state index contributed by atoms with van der Waals surface area (Å²) in [6.45, 7) is 3.19. The summed E-state index contributed by atoms with van der Waals surface area (Å²) in [6, 6.07) is 6.75. The van der Waals surface area contributed by atoms with E-state index in [4.69, 9.17) is 0 Å². The molecule has 7 heteroatoms. The zero-order chi connectivity index (χ0) is 19.0. The molecule has 0 aliphatic carbocycles. The molecule has 3 rings (SSSR count). The number of rotatable bonds is 2. The Labute approximate surface area is 158 Å². The van der Waals surface area contributed by atoms with E-state index in [1.807, 2.05) is 0 Å². The molecule has 2 N–H and O–H groups in total. The normalized spacial score (nSPS) is 22.3. The van der Waals surface area contributed by atoms with Crippen molar-refractivity contribution in [2.45, 2.75) is 13.8 Å². The minimum absolute atomic E-state index is 0.106. The molecule has 132 valence electrons. The molecular formula is C19H15BrN2O4. The van der Waals surface area contributed by atoms with Crippen molar-refractivity contribution in [3.8, 4) is 0 Å². The topological polar surface area (TPSA) is 92.3 Å². The van der Waals surface area contributed by atoms with Crippen molar-refractivity contribution in [2.75, 3.05) is 0 Å². The van der Waals surface area contributed by atoms with E-state index in [0.29, 0.717) is 17.0 Å². The van der Waals surface area contributed by atoms with Crippen LogP contribution in [-0.2, 0) is 19.2 Å². The summed E-state index contributed by atoms with van der Waals surface area (Å²) in [6.07, 6.45) is 2.58. The van der Waals surface area contributed by atoms with Crippen LogP contribution in [0.4, 0.5) is 0 Å². The zero-order valence-corrected chi connectivity index (χ0v) is 15.6. The van der Waals surface area contributed by atoms with Crippen molar-refractivity contribution in [2.24, 2.45) is 5.92 Å². The summed E-state index contributed by atoms with van der Waals surface area (Å²) >= 11 is 3.32. The minimum Gasteiger partial charge on any atom is -0.329 e. The second-order valence-corrected chi connectivity index (χ2v) is 7.01. The predicted octanol–water partition coefficient (Wildman–Crippen LogP) is 2.02. The van der Waals surface area contributed by atoms with E-state index >= 15 is 0 Å². The van der Waals surface area contributed by atoms with Crippen LogP contribution in [0.1, 0.15) is 19.4 Å². The van der Waals surface area contributed by atoms with Gasteiger partial charge in [0, 0.05) is 28.0 Å². The van der Waals surface area contributed by atoms with Crippen LogP contribution in [0.25, 0.3) is 5.57 Å². The van der Waals surface area contributed by atoms with Crippen LogP contribution in [-0.4, -0.2) is 23.4 Å². The molecule has 2 aliphatic heterocycles. The highest BCUT2D eigenvalue weighted by Crippen LogP contribution is 2.33. The molecule has 0 saturated carbocycles. The van der Waals surface area contributed by atoms with Crippen molar-refractivity contribution in [3.63, 3.8) is 0 Å². The standard InChI is InChI=1S/C19H15BrN2O4/c1-9-7-13(23)16(18(25)21-9)15(11-3-5-12(20)6-4-11)17-14(24)8-10(2)22-19(17)26/h3-8,16H,1-2H3,(H,21,25)(H,22,26)/b17-15+. The van der Waals surface area contributed by atoms with Crippen LogP contribution in [0.5, 0.6) is 0 Å². The van der Waals surface area contributed by atoms with Crippen LogP contribution < -0.4 is 10.6 Å². The molecule has 0 spiro atoms. The second kappa shape index (κ2) is 6.84. The van der Waals surface area contributed by atoms with Gasteiger partial charge in [0.1, 0.15) is 5.92 Å². The van der Waals surface area contributed by atoms with Crippen molar-refractivity contribution < 1.29 is 19.2 Å². The lowest BCUT2D eigenvalue weighted by atomic mass is 9.81. The van der Waals surface area contributed by atoms with Crippen LogP contribution >= 0.6 is 15.9 Å². The molecule has 2 aliphatic rings. The van der Waals surface area contributed by atoms with Gasteiger partial charge in [0.15, 0.2) is 11.6 Å². The van der Waals surface area contributed by atoms with E-state index < -0.39 is 29.3 Å². The molecule has 0 radical (unpaired) electrons.